The number of hydrogen-bond acceptors (Lipinski definition) is 2. The molecule has 0 amide bonds. The number of halogens is 1. The Morgan fingerprint density at radius 1 is 1.89 bits per heavy atom. The van der Waals surface area contributed by atoms with Gasteiger partial charge in [-0.15, -0.1) is 0 Å². The molecule has 3 nitrogen and oxygen atoms in total. The summed E-state index contributed by atoms with van der Waals surface area (Å²) in [7, 11) is 0. The molecule has 0 saturated carbocycles. The zero-order chi connectivity index (χ0) is 7.28. The number of aliphatic carboxylic acids is 1. The average molecular weight is 237 g/mol. The van der Waals surface area contributed by atoms with E-state index in [1.165, 1.54) is 0 Å². The quantitative estimate of drug-likeness (QED) is 0.336. The Hall–Kier alpha value is -0.570. The second kappa shape index (κ2) is 4.32. The van der Waals surface area contributed by atoms with Crippen LogP contribution in [0.1, 0.15) is 0 Å². The van der Waals surface area contributed by atoms with Crippen LogP contribution in [0.25, 0.3) is 0 Å². The van der Waals surface area contributed by atoms with E-state index in [-0.39, 0.29) is 5.57 Å². The van der Waals surface area contributed by atoms with E-state index in [9.17, 15) is 4.79 Å². The third-order valence-corrected chi connectivity index (χ3v) is 1.48. The van der Waals surface area contributed by atoms with Crippen molar-refractivity contribution in [2.24, 2.45) is 0 Å². The van der Waals surface area contributed by atoms with E-state index in [4.69, 9.17) is 10.4 Å². The molecule has 0 aliphatic heterocycles. The van der Waals surface area contributed by atoms with Crippen LogP contribution in [0.3, 0.4) is 0 Å². The Labute approximate surface area is 66.1 Å². The summed E-state index contributed by atoms with van der Waals surface area (Å²) in [6.07, 6.45) is 1.04. The lowest BCUT2D eigenvalue weighted by Crippen LogP contribution is -2.00. The van der Waals surface area contributed by atoms with Gasteiger partial charge >= 0.3 is 5.97 Å². The molecule has 0 fully saturated rings. The fraction of sp³-hybridized carbons (Fsp3) is 0.200. The maximum absolute atomic E-state index is 10.1. The van der Waals surface area contributed by atoms with Crippen molar-refractivity contribution in [3.63, 3.8) is 0 Å². The third kappa shape index (κ3) is 3.08. The first-order chi connectivity index (χ1) is 4.22. The highest BCUT2D eigenvalue weighted by atomic mass is 127. The van der Waals surface area contributed by atoms with Crippen LogP contribution >= 0.6 is 22.6 Å². The van der Waals surface area contributed by atoms with E-state index in [2.05, 4.69) is 0 Å². The predicted octanol–water partition coefficient (Wildman–Crippen LogP) is 0.956. The lowest BCUT2D eigenvalue weighted by molar-refractivity contribution is -0.132. The molecule has 0 saturated heterocycles. The van der Waals surface area contributed by atoms with Crippen LogP contribution in [-0.4, -0.2) is 15.5 Å². The molecule has 0 spiro atoms. The molecule has 1 N–H and O–H groups in total. The first-order valence-corrected chi connectivity index (χ1v) is 3.63. The first-order valence-electron chi connectivity index (χ1n) is 2.10. The van der Waals surface area contributed by atoms with Crippen LogP contribution in [0.15, 0.2) is 11.6 Å². The van der Waals surface area contributed by atoms with Gasteiger partial charge in [-0.2, -0.15) is 5.26 Å². The van der Waals surface area contributed by atoms with Gasteiger partial charge in [-0.25, -0.2) is 4.79 Å². The van der Waals surface area contributed by atoms with Crippen LogP contribution < -0.4 is 0 Å². The molecule has 0 aliphatic rings. The number of carbonyl (C=O) groups is 1. The summed E-state index contributed by atoms with van der Waals surface area (Å²) < 4.78 is 0.362. The van der Waals surface area contributed by atoms with E-state index < -0.39 is 5.97 Å². The monoisotopic (exact) mass is 237 g/mol. The molecule has 9 heavy (non-hydrogen) atoms. The average Bonchev–Trinajstić information content (AvgIpc) is 1.82. The highest BCUT2D eigenvalue weighted by Gasteiger charge is 2.02. The summed E-state index contributed by atoms with van der Waals surface area (Å²) in [5.74, 6) is -1.02. The van der Waals surface area contributed by atoms with Crippen molar-refractivity contribution in [1.29, 1.82) is 5.26 Å². The second-order valence-electron chi connectivity index (χ2n) is 1.24. The second-order valence-corrected chi connectivity index (χ2v) is 2.00. The van der Waals surface area contributed by atoms with Crippen molar-refractivity contribution in [3.8, 4) is 6.07 Å². The minimum absolute atomic E-state index is 0.137. The maximum Gasteiger partial charge on any atom is 0.333 e. The lowest BCUT2D eigenvalue weighted by Gasteiger charge is -1.88. The molecule has 0 aromatic rings. The van der Waals surface area contributed by atoms with Gasteiger partial charge in [0.15, 0.2) is 0 Å². The highest BCUT2D eigenvalue weighted by Crippen LogP contribution is 1.98. The summed E-state index contributed by atoms with van der Waals surface area (Å²) >= 11 is 1.89. The largest absolute Gasteiger partial charge is 0.478 e. The van der Waals surface area contributed by atoms with Crippen molar-refractivity contribution < 1.29 is 9.90 Å². The maximum atomic E-state index is 10.1. The van der Waals surface area contributed by atoms with Crippen molar-refractivity contribution in [2.45, 2.75) is 0 Å². The molecule has 0 radical (unpaired) electrons. The summed E-state index contributed by atoms with van der Waals surface area (Å²) in [6, 6.07) is 1.65. The Bertz CT molecular complexity index is 180. The molecule has 0 heterocycles. The smallest absolute Gasteiger partial charge is 0.333 e. The summed E-state index contributed by atoms with van der Waals surface area (Å²) in [6.45, 7) is 0. The number of nitrogens with zero attached hydrogens (tertiary/aromatic N) is 1. The third-order valence-electron chi connectivity index (χ3n) is 0.657. The molecule has 0 aliphatic carbocycles. The fourth-order valence-corrected chi connectivity index (χ4v) is 0.782. The number of alkyl halides is 1. The Morgan fingerprint density at radius 3 is 2.56 bits per heavy atom. The summed E-state index contributed by atoms with van der Waals surface area (Å²) in [5.41, 5.74) is 0.137. The summed E-state index contributed by atoms with van der Waals surface area (Å²) in [4.78, 5) is 10.1. The lowest BCUT2D eigenvalue weighted by atomic mass is 10.3. The zero-order valence-corrected chi connectivity index (χ0v) is 6.62. The van der Waals surface area contributed by atoms with Gasteiger partial charge in [-0.3, -0.25) is 0 Å². The van der Waals surface area contributed by atoms with Crippen LogP contribution in [0.2, 0.25) is 0 Å². The van der Waals surface area contributed by atoms with Gasteiger partial charge in [0.05, 0.1) is 11.6 Å². The molecule has 0 aromatic heterocycles. The van der Waals surface area contributed by atoms with Gasteiger partial charge in [-0.1, -0.05) is 22.6 Å². The SMILES string of the molecule is N#C/C=C(/CI)C(=O)O. The van der Waals surface area contributed by atoms with Crippen molar-refractivity contribution in [3.05, 3.63) is 11.6 Å². The van der Waals surface area contributed by atoms with Crippen LogP contribution in [0, 0.1) is 11.3 Å². The van der Waals surface area contributed by atoms with Gasteiger partial charge in [0.1, 0.15) is 0 Å². The van der Waals surface area contributed by atoms with Gasteiger partial charge in [0.25, 0.3) is 0 Å². The Balaban J connectivity index is 4.20. The molecule has 0 bridgehead atoms. The number of rotatable bonds is 2. The molecule has 0 rings (SSSR count). The van der Waals surface area contributed by atoms with Crippen molar-refractivity contribution in [2.75, 3.05) is 4.43 Å². The van der Waals surface area contributed by atoms with Gasteiger partial charge in [-0.05, 0) is 0 Å². The van der Waals surface area contributed by atoms with Gasteiger partial charge in [0, 0.05) is 10.5 Å². The fourth-order valence-electron chi connectivity index (χ4n) is 0.235. The van der Waals surface area contributed by atoms with E-state index in [0.717, 1.165) is 6.08 Å². The highest BCUT2D eigenvalue weighted by molar-refractivity contribution is 14.1. The van der Waals surface area contributed by atoms with Gasteiger partial charge in [0.2, 0.25) is 0 Å². The minimum atomic E-state index is -1.02. The van der Waals surface area contributed by atoms with E-state index >= 15 is 0 Å². The van der Waals surface area contributed by atoms with Crippen molar-refractivity contribution >= 4 is 28.6 Å². The zero-order valence-electron chi connectivity index (χ0n) is 4.47. The standard InChI is InChI=1S/C5H4INO2/c6-3-4(1-2-7)5(8)9/h1H,3H2,(H,8,9)/b4-1-. The molecule has 48 valence electrons. The summed E-state index contributed by atoms with van der Waals surface area (Å²) in [5, 5.41) is 16.3. The Kier molecular flexibility index (Phi) is 4.05. The normalized spacial score (nSPS) is 10.4. The predicted molar refractivity (Wildman–Crippen MR) is 40.2 cm³/mol. The molecule has 0 unspecified atom stereocenters. The van der Waals surface area contributed by atoms with Gasteiger partial charge < -0.3 is 5.11 Å². The molecular formula is C5H4INO2. The molecule has 4 heteroatoms. The Morgan fingerprint density at radius 2 is 2.44 bits per heavy atom. The van der Waals surface area contributed by atoms with Crippen LogP contribution in [0.4, 0.5) is 0 Å². The number of nitriles is 1. The number of allylic oxidation sites excluding steroid dienone is 1. The number of carboxylic acids is 1. The van der Waals surface area contributed by atoms with E-state index in [1.807, 2.05) is 22.6 Å². The van der Waals surface area contributed by atoms with Crippen LogP contribution in [-0.2, 0) is 4.79 Å². The number of carboxylic acid groups (broad SMARTS) is 1. The molecule has 0 aromatic carbocycles. The van der Waals surface area contributed by atoms with E-state index in [0.29, 0.717) is 4.43 Å². The topological polar surface area (TPSA) is 61.1 Å². The minimum Gasteiger partial charge on any atom is -0.478 e. The first kappa shape index (κ1) is 8.43. The van der Waals surface area contributed by atoms with Crippen LogP contribution in [0.5, 0.6) is 0 Å². The van der Waals surface area contributed by atoms with Crippen molar-refractivity contribution in [1.82, 2.24) is 0 Å². The molecule has 0 atom stereocenters. The molecular weight excluding hydrogens is 233 g/mol. The number of hydrogen-bond donors (Lipinski definition) is 1. The van der Waals surface area contributed by atoms with E-state index in [1.54, 1.807) is 6.07 Å².